The van der Waals surface area contributed by atoms with Crippen molar-refractivity contribution in [2.24, 2.45) is 0 Å². The minimum absolute atomic E-state index is 0.00117. The highest BCUT2D eigenvalue weighted by atomic mass is 32.2. The lowest BCUT2D eigenvalue weighted by Gasteiger charge is -2.26. The van der Waals surface area contributed by atoms with Crippen LogP contribution in [-0.2, 0) is 23.0 Å². The number of aryl methyl sites for hydroxylation is 2. The summed E-state index contributed by atoms with van der Waals surface area (Å²) in [5.41, 5.74) is 4.28. The maximum Gasteiger partial charge on any atom is 0.254 e. The zero-order valence-corrected chi connectivity index (χ0v) is 18.5. The van der Waals surface area contributed by atoms with Gasteiger partial charge in [0.2, 0.25) is 10.0 Å². The molecule has 1 amide bonds. The summed E-state index contributed by atoms with van der Waals surface area (Å²) in [6.07, 6.45) is 1.81. The van der Waals surface area contributed by atoms with Crippen LogP contribution < -0.4 is 4.72 Å². The minimum atomic E-state index is -3.76. The normalized spacial score (nSPS) is 15.5. The molecule has 4 rings (SSSR count). The third-order valence-corrected chi connectivity index (χ3v) is 7.47. The van der Waals surface area contributed by atoms with Crippen molar-refractivity contribution < 1.29 is 13.2 Å². The standard InChI is InChI=1S/C25H26N2O3S/c1-18-12-13-21(16-24(18)31(29,30)26-17-19-8-4-3-5-9-19)25(28)27(2)23-15-14-20-10-6-7-11-22(20)23/h3-13,16,23,26H,14-15,17H2,1-2H3. The van der Waals surface area contributed by atoms with E-state index in [2.05, 4.69) is 16.9 Å². The SMILES string of the molecule is Cc1ccc(C(=O)N(C)C2CCc3ccccc32)cc1S(=O)(=O)NCc1ccccc1. The molecule has 5 nitrogen and oxygen atoms in total. The average Bonchev–Trinajstić information content (AvgIpc) is 3.22. The van der Waals surface area contributed by atoms with Gasteiger partial charge in [0.25, 0.3) is 5.91 Å². The van der Waals surface area contributed by atoms with Crippen molar-refractivity contribution in [2.45, 2.75) is 37.2 Å². The summed E-state index contributed by atoms with van der Waals surface area (Å²) in [5, 5.41) is 0. The monoisotopic (exact) mass is 434 g/mol. The lowest BCUT2D eigenvalue weighted by atomic mass is 10.1. The average molecular weight is 435 g/mol. The van der Waals surface area contributed by atoms with Crippen LogP contribution in [0.15, 0.2) is 77.7 Å². The molecule has 3 aromatic rings. The first-order chi connectivity index (χ1) is 14.9. The first-order valence-corrected chi connectivity index (χ1v) is 11.8. The second kappa shape index (κ2) is 8.65. The fraction of sp³-hybridized carbons (Fsp3) is 0.240. The summed E-state index contributed by atoms with van der Waals surface area (Å²) in [7, 11) is -1.97. The van der Waals surface area contributed by atoms with Crippen LogP contribution in [0.2, 0.25) is 0 Å². The molecule has 1 atom stereocenters. The molecule has 0 saturated heterocycles. The zero-order valence-electron chi connectivity index (χ0n) is 17.7. The first-order valence-electron chi connectivity index (χ1n) is 10.4. The second-order valence-corrected chi connectivity index (χ2v) is 9.70. The molecular formula is C25H26N2O3S. The van der Waals surface area contributed by atoms with Crippen LogP contribution in [0.5, 0.6) is 0 Å². The Morgan fingerprint density at radius 3 is 2.52 bits per heavy atom. The van der Waals surface area contributed by atoms with E-state index in [-0.39, 0.29) is 23.4 Å². The molecule has 0 aliphatic heterocycles. The number of rotatable bonds is 6. The van der Waals surface area contributed by atoms with Crippen molar-refractivity contribution in [3.05, 3.63) is 101 Å². The number of nitrogens with one attached hydrogen (secondary N) is 1. The molecule has 1 N–H and O–H groups in total. The minimum Gasteiger partial charge on any atom is -0.335 e. The first kappa shape index (κ1) is 21.3. The van der Waals surface area contributed by atoms with Gasteiger partial charge in [0.1, 0.15) is 0 Å². The summed E-state index contributed by atoms with van der Waals surface area (Å²) in [6.45, 7) is 1.93. The number of hydrogen-bond acceptors (Lipinski definition) is 3. The van der Waals surface area contributed by atoms with Gasteiger partial charge in [0.15, 0.2) is 0 Å². The van der Waals surface area contributed by atoms with Crippen LogP contribution in [0.1, 0.15) is 45.1 Å². The van der Waals surface area contributed by atoms with Crippen LogP contribution >= 0.6 is 0 Å². The van der Waals surface area contributed by atoms with Crippen LogP contribution in [0.3, 0.4) is 0 Å². The number of fused-ring (bicyclic) bond motifs is 1. The Labute approximate surface area is 183 Å². The van der Waals surface area contributed by atoms with E-state index in [0.717, 1.165) is 18.4 Å². The summed E-state index contributed by atoms with van der Waals surface area (Å²) in [5.74, 6) is -0.179. The molecule has 0 radical (unpaired) electrons. The molecule has 0 bridgehead atoms. The van der Waals surface area contributed by atoms with E-state index in [1.54, 1.807) is 31.0 Å². The fourth-order valence-electron chi connectivity index (χ4n) is 4.16. The number of nitrogens with zero attached hydrogens (tertiary/aromatic N) is 1. The predicted octanol–water partition coefficient (Wildman–Crippen LogP) is 4.23. The fourth-order valence-corrected chi connectivity index (χ4v) is 5.44. The number of amides is 1. The molecule has 0 spiro atoms. The number of carbonyl (C=O) groups excluding carboxylic acids is 1. The molecule has 0 fully saturated rings. The Balaban J connectivity index is 1.56. The molecular weight excluding hydrogens is 408 g/mol. The Hall–Kier alpha value is -2.96. The summed E-state index contributed by atoms with van der Waals surface area (Å²) in [6, 6.07) is 22.4. The smallest absolute Gasteiger partial charge is 0.254 e. The van der Waals surface area contributed by atoms with E-state index in [1.807, 2.05) is 42.5 Å². The van der Waals surface area contributed by atoms with Crippen molar-refractivity contribution in [2.75, 3.05) is 7.05 Å². The maximum absolute atomic E-state index is 13.2. The van der Waals surface area contributed by atoms with Crippen molar-refractivity contribution in [3.8, 4) is 0 Å². The van der Waals surface area contributed by atoms with E-state index in [9.17, 15) is 13.2 Å². The van der Waals surface area contributed by atoms with Gasteiger partial charge in [-0.25, -0.2) is 13.1 Å². The van der Waals surface area contributed by atoms with E-state index in [1.165, 1.54) is 17.2 Å². The molecule has 1 aliphatic carbocycles. The molecule has 6 heteroatoms. The second-order valence-electron chi connectivity index (χ2n) is 7.96. The van der Waals surface area contributed by atoms with Gasteiger partial charge in [-0.15, -0.1) is 0 Å². The van der Waals surface area contributed by atoms with E-state index in [4.69, 9.17) is 0 Å². The van der Waals surface area contributed by atoms with Gasteiger partial charge >= 0.3 is 0 Å². The third kappa shape index (κ3) is 4.40. The van der Waals surface area contributed by atoms with Gasteiger partial charge in [0.05, 0.1) is 10.9 Å². The van der Waals surface area contributed by atoms with E-state index in [0.29, 0.717) is 11.1 Å². The Kier molecular flexibility index (Phi) is 5.94. The highest BCUT2D eigenvalue weighted by Crippen LogP contribution is 2.35. The largest absolute Gasteiger partial charge is 0.335 e. The Morgan fingerprint density at radius 2 is 1.74 bits per heavy atom. The zero-order chi connectivity index (χ0) is 22.0. The predicted molar refractivity (Wildman–Crippen MR) is 121 cm³/mol. The van der Waals surface area contributed by atoms with Crippen molar-refractivity contribution in [1.82, 2.24) is 9.62 Å². The van der Waals surface area contributed by atoms with Crippen molar-refractivity contribution in [3.63, 3.8) is 0 Å². The molecule has 0 heterocycles. The highest BCUT2D eigenvalue weighted by Gasteiger charge is 2.29. The summed E-state index contributed by atoms with van der Waals surface area (Å²) >= 11 is 0. The van der Waals surface area contributed by atoms with Gasteiger partial charge in [-0.1, -0.05) is 60.7 Å². The topological polar surface area (TPSA) is 66.5 Å². The Bertz CT molecular complexity index is 1210. The van der Waals surface area contributed by atoms with E-state index < -0.39 is 10.0 Å². The van der Waals surface area contributed by atoms with Crippen LogP contribution in [0.4, 0.5) is 0 Å². The molecule has 160 valence electrons. The van der Waals surface area contributed by atoms with Crippen LogP contribution in [0.25, 0.3) is 0 Å². The van der Waals surface area contributed by atoms with Gasteiger partial charge in [-0.2, -0.15) is 0 Å². The lowest BCUT2D eigenvalue weighted by Crippen LogP contribution is -2.30. The molecule has 3 aromatic carbocycles. The van der Waals surface area contributed by atoms with Gasteiger partial charge in [0, 0.05) is 19.2 Å². The summed E-state index contributed by atoms with van der Waals surface area (Å²) in [4.78, 5) is 15.1. The van der Waals surface area contributed by atoms with Gasteiger partial charge < -0.3 is 4.90 Å². The Morgan fingerprint density at radius 1 is 1.03 bits per heavy atom. The van der Waals surface area contributed by atoms with E-state index >= 15 is 0 Å². The molecule has 1 unspecified atom stereocenters. The number of benzene rings is 3. The lowest BCUT2D eigenvalue weighted by molar-refractivity contribution is 0.0730. The van der Waals surface area contributed by atoms with Crippen LogP contribution in [-0.4, -0.2) is 26.3 Å². The number of sulfonamides is 1. The third-order valence-electron chi connectivity index (χ3n) is 5.92. The molecule has 0 aromatic heterocycles. The summed E-state index contributed by atoms with van der Waals surface area (Å²) < 4.78 is 28.6. The number of hydrogen-bond donors (Lipinski definition) is 1. The quantitative estimate of drug-likeness (QED) is 0.631. The van der Waals surface area contributed by atoms with Gasteiger partial charge in [-0.05, 0) is 54.2 Å². The van der Waals surface area contributed by atoms with Crippen molar-refractivity contribution in [1.29, 1.82) is 0 Å². The highest BCUT2D eigenvalue weighted by molar-refractivity contribution is 7.89. The molecule has 31 heavy (non-hydrogen) atoms. The maximum atomic E-state index is 13.2. The molecule has 1 aliphatic rings. The number of carbonyl (C=O) groups is 1. The molecule has 0 saturated carbocycles. The van der Waals surface area contributed by atoms with Gasteiger partial charge in [-0.3, -0.25) is 4.79 Å². The van der Waals surface area contributed by atoms with Crippen molar-refractivity contribution >= 4 is 15.9 Å². The van der Waals surface area contributed by atoms with Crippen LogP contribution in [0, 0.1) is 6.92 Å².